The number of rotatable bonds is 7. The standard InChI is InChI=1S/C13H21/c1-3-5-7-9-11-13-12-10-8-6-4-2/h3,5-9H,1,4,10-13H2,2H3/b5-3+,8-6+,9-7+. The quantitative estimate of drug-likeness (QED) is 0.306. The highest BCUT2D eigenvalue weighted by Gasteiger charge is 1.82. The molecule has 13 heavy (non-hydrogen) atoms. The molecule has 0 heterocycles. The summed E-state index contributed by atoms with van der Waals surface area (Å²) in [5.74, 6) is 0. The van der Waals surface area contributed by atoms with E-state index < -0.39 is 0 Å². The maximum absolute atomic E-state index is 3.61. The number of hydrogen-bond acceptors (Lipinski definition) is 0. The average Bonchev–Trinajstić information content (AvgIpc) is 2.16. The summed E-state index contributed by atoms with van der Waals surface area (Å²) in [7, 11) is 0. The molecule has 0 aromatic heterocycles. The van der Waals surface area contributed by atoms with Gasteiger partial charge in [-0.3, -0.25) is 0 Å². The first-order valence-electron chi connectivity index (χ1n) is 5.17. The Labute approximate surface area is 83.0 Å². The normalized spacial score (nSPS) is 12.5. The molecule has 0 heteroatoms. The highest BCUT2D eigenvalue weighted by molar-refractivity contribution is 5.03. The largest absolute Gasteiger partial charge is 0.0888 e. The van der Waals surface area contributed by atoms with E-state index in [4.69, 9.17) is 0 Å². The van der Waals surface area contributed by atoms with Crippen LogP contribution in [0.15, 0.2) is 36.5 Å². The number of hydrogen-bond donors (Lipinski definition) is 0. The van der Waals surface area contributed by atoms with E-state index in [0.29, 0.717) is 0 Å². The lowest BCUT2D eigenvalue weighted by atomic mass is 10.2. The fraction of sp³-hybridized carbons (Fsp3) is 0.462. The third-order valence-electron chi connectivity index (χ3n) is 1.78. The molecule has 0 rings (SSSR count). The van der Waals surface area contributed by atoms with Crippen LogP contribution in [-0.2, 0) is 0 Å². The Balaban J connectivity index is 3.12. The van der Waals surface area contributed by atoms with E-state index in [1.165, 1.54) is 25.7 Å². The molecule has 0 amide bonds. The van der Waals surface area contributed by atoms with Crippen molar-refractivity contribution in [2.75, 3.05) is 0 Å². The van der Waals surface area contributed by atoms with E-state index in [1.54, 1.807) is 6.08 Å². The summed E-state index contributed by atoms with van der Waals surface area (Å²) < 4.78 is 0. The Morgan fingerprint density at radius 3 is 2.23 bits per heavy atom. The first kappa shape index (κ1) is 12.2. The molecule has 0 nitrogen and oxygen atoms in total. The summed E-state index contributed by atoms with van der Waals surface area (Å²) in [6, 6.07) is 0. The molecule has 0 spiro atoms. The van der Waals surface area contributed by atoms with Gasteiger partial charge in [0.25, 0.3) is 0 Å². The minimum absolute atomic E-state index is 1.16. The molecule has 0 saturated carbocycles. The molecule has 0 aromatic rings. The Hall–Kier alpha value is -0.780. The molecular weight excluding hydrogens is 156 g/mol. The van der Waals surface area contributed by atoms with Crippen LogP contribution in [0.1, 0.15) is 39.0 Å². The topological polar surface area (TPSA) is 0 Å². The van der Waals surface area contributed by atoms with Gasteiger partial charge in [0.15, 0.2) is 0 Å². The van der Waals surface area contributed by atoms with Crippen molar-refractivity contribution < 1.29 is 0 Å². The van der Waals surface area contributed by atoms with Crippen molar-refractivity contribution in [3.8, 4) is 0 Å². The summed E-state index contributed by atoms with van der Waals surface area (Å²) >= 11 is 0. The van der Waals surface area contributed by atoms with E-state index in [1.807, 2.05) is 6.08 Å². The van der Waals surface area contributed by atoms with Crippen LogP contribution in [0.5, 0.6) is 0 Å². The van der Waals surface area contributed by atoms with Crippen LogP contribution >= 0.6 is 0 Å². The van der Waals surface area contributed by atoms with Gasteiger partial charge in [-0.2, -0.15) is 0 Å². The predicted octanol–water partition coefficient (Wildman–Crippen LogP) is 4.46. The molecule has 0 aliphatic rings. The molecule has 1 radical (unpaired) electrons. The van der Waals surface area contributed by atoms with Gasteiger partial charge in [0.1, 0.15) is 0 Å². The minimum Gasteiger partial charge on any atom is -0.0888 e. The lowest BCUT2D eigenvalue weighted by molar-refractivity contribution is 0.761. The molecule has 0 saturated heterocycles. The zero-order chi connectivity index (χ0) is 9.78. The molecular formula is C13H21. The van der Waals surface area contributed by atoms with Crippen LogP contribution in [0.3, 0.4) is 0 Å². The van der Waals surface area contributed by atoms with Crippen molar-refractivity contribution in [2.24, 2.45) is 0 Å². The third kappa shape index (κ3) is 11.2. The predicted molar refractivity (Wildman–Crippen MR) is 61.5 cm³/mol. The molecule has 0 atom stereocenters. The SMILES string of the molecule is [CH2]/C=C/C=C/CCCC/C=C/CC. The summed E-state index contributed by atoms with van der Waals surface area (Å²) in [6.45, 7) is 5.78. The highest BCUT2D eigenvalue weighted by Crippen LogP contribution is 2.01. The summed E-state index contributed by atoms with van der Waals surface area (Å²) in [5.41, 5.74) is 0. The Morgan fingerprint density at radius 2 is 1.62 bits per heavy atom. The average molecular weight is 177 g/mol. The van der Waals surface area contributed by atoms with Crippen molar-refractivity contribution in [1.82, 2.24) is 0 Å². The Morgan fingerprint density at radius 1 is 0.923 bits per heavy atom. The van der Waals surface area contributed by atoms with Crippen LogP contribution in [-0.4, -0.2) is 0 Å². The van der Waals surface area contributed by atoms with Gasteiger partial charge >= 0.3 is 0 Å². The smallest absolute Gasteiger partial charge is 0.0313 e. The number of unbranched alkanes of at least 4 members (excludes halogenated alkanes) is 3. The van der Waals surface area contributed by atoms with E-state index in [9.17, 15) is 0 Å². The van der Waals surface area contributed by atoms with Crippen LogP contribution < -0.4 is 0 Å². The Bertz CT molecular complexity index is 161. The van der Waals surface area contributed by atoms with Gasteiger partial charge < -0.3 is 0 Å². The summed E-state index contributed by atoms with van der Waals surface area (Å²) in [4.78, 5) is 0. The van der Waals surface area contributed by atoms with Crippen molar-refractivity contribution in [1.29, 1.82) is 0 Å². The van der Waals surface area contributed by atoms with Crippen molar-refractivity contribution in [3.05, 3.63) is 43.4 Å². The molecule has 0 aliphatic carbocycles. The van der Waals surface area contributed by atoms with E-state index in [0.717, 1.165) is 6.42 Å². The van der Waals surface area contributed by atoms with E-state index in [-0.39, 0.29) is 0 Å². The number of allylic oxidation sites excluding steroid dienone is 6. The maximum Gasteiger partial charge on any atom is -0.0313 e. The zero-order valence-corrected chi connectivity index (χ0v) is 8.71. The zero-order valence-electron chi connectivity index (χ0n) is 8.71. The van der Waals surface area contributed by atoms with Crippen LogP contribution in [0, 0.1) is 6.92 Å². The van der Waals surface area contributed by atoms with Gasteiger partial charge in [-0.25, -0.2) is 0 Å². The van der Waals surface area contributed by atoms with Crippen molar-refractivity contribution in [3.63, 3.8) is 0 Å². The summed E-state index contributed by atoms with van der Waals surface area (Å²) in [5, 5.41) is 0. The molecule has 0 aromatic carbocycles. The fourth-order valence-corrected chi connectivity index (χ4v) is 1.06. The van der Waals surface area contributed by atoms with Gasteiger partial charge in [-0.1, -0.05) is 43.4 Å². The first-order valence-corrected chi connectivity index (χ1v) is 5.17. The van der Waals surface area contributed by atoms with Crippen molar-refractivity contribution in [2.45, 2.75) is 39.0 Å². The van der Waals surface area contributed by atoms with Crippen molar-refractivity contribution >= 4 is 0 Å². The molecule has 73 valence electrons. The monoisotopic (exact) mass is 177 g/mol. The van der Waals surface area contributed by atoms with Crippen LogP contribution in [0.25, 0.3) is 0 Å². The second-order valence-corrected chi connectivity index (χ2v) is 3.02. The third-order valence-corrected chi connectivity index (χ3v) is 1.78. The maximum atomic E-state index is 3.61. The van der Waals surface area contributed by atoms with Gasteiger partial charge in [-0.05, 0) is 39.0 Å². The molecule has 0 unspecified atom stereocenters. The molecule has 0 fully saturated rings. The van der Waals surface area contributed by atoms with Gasteiger partial charge in [-0.15, -0.1) is 0 Å². The molecule has 0 aliphatic heterocycles. The molecule has 0 bridgehead atoms. The van der Waals surface area contributed by atoms with Gasteiger partial charge in [0.2, 0.25) is 0 Å². The second-order valence-electron chi connectivity index (χ2n) is 3.02. The fourth-order valence-electron chi connectivity index (χ4n) is 1.06. The summed E-state index contributed by atoms with van der Waals surface area (Å²) in [6.07, 6.45) is 18.7. The Kier molecular flexibility index (Phi) is 10.5. The lowest BCUT2D eigenvalue weighted by Gasteiger charge is -1.91. The lowest BCUT2D eigenvalue weighted by Crippen LogP contribution is -1.71. The minimum atomic E-state index is 1.16. The van der Waals surface area contributed by atoms with Crippen LogP contribution in [0.4, 0.5) is 0 Å². The van der Waals surface area contributed by atoms with Gasteiger partial charge in [0.05, 0.1) is 0 Å². The van der Waals surface area contributed by atoms with Crippen LogP contribution in [0.2, 0.25) is 0 Å². The van der Waals surface area contributed by atoms with Gasteiger partial charge in [0, 0.05) is 0 Å². The van der Waals surface area contributed by atoms with E-state index in [2.05, 4.69) is 38.2 Å². The van der Waals surface area contributed by atoms with E-state index >= 15 is 0 Å². The molecule has 0 N–H and O–H groups in total. The highest BCUT2D eigenvalue weighted by atomic mass is 13.9. The first-order chi connectivity index (χ1) is 6.41. The second kappa shape index (κ2) is 11.2.